The van der Waals surface area contributed by atoms with E-state index in [1.807, 2.05) is 6.26 Å². The van der Waals surface area contributed by atoms with Crippen LogP contribution in [0.4, 0.5) is 13.2 Å². The molecule has 108 valence electrons. The molecule has 0 atom stereocenters. The van der Waals surface area contributed by atoms with Gasteiger partial charge in [0, 0.05) is 10.3 Å². The largest absolute Gasteiger partial charge is 0.534 e. The molecule has 0 spiro atoms. The highest BCUT2D eigenvalue weighted by Gasteiger charge is 2.48. The average molecular weight is 322 g/mol. The molecular weight excluding hydrogens is 313 g/mol. The smallest absolute Gasteiger partial charge is 0.375 e. The van der Waals surface area contributed by atoms with Crippen LogP contribution in [-0.2, 0) is 10.1 Å². The molecule has 0 saturated carbocycles. The molecule has 3 nitrogen and oxygen atoms in total. The van der Waals surface area contributed by atoms with E-state index in [1.165, 1.54) is 30.0 Å². The summed E-state index contributed by atoms with van der Waals surface area (Å²) < 4.78 is 63.2. The van der Waals surface area contributed by atoms with E-state index >= 15 is 0 Å². The van der Waals surface area contributed by atoms with Gasteiger partial charge >= 0.3 is 15.6 Å². The zero-order valence-corrected chi connectivity index (χ0v) is 11.8. The molecule has 8 heteroatoms. The van der Waals surface area contributed by atoms with Crippen LogP contribution < -0.4 is 4.18 Å². The summed E-state index contributed by atoms with van der Waals surface area (Å²) in [5.74, 6) is -0.340. The lowest BCUT2D eigenvalue weighted by Gasteiger charge is -2.11. The molecule has 0 aliphatic carbocycles. The number of halogens is 3. The lowest BCUT2D eigenvalue weighted by atomic mass is 10.1. The predicted octanol–water partition coefficient (Wildman–Crippen LogP) is 3.79. The van der Waals surface area contributed by atoms with E-state index in [9.17, 15) is 21.6 Å². The topological polar surface area (TPSA) is 43.4 Å². The highest BCUT2D eigenvalue weighted by molar-refractivity contribution is 7.98. The lowest BCUT2D eigenvalue weighted by molar-refractivity contribution is -0.0499. The van der Waals surface area contributed by atoms with Gasteiger partial charge in [0.25, 0.3) is 0 Å². The lowest BCUT2D eigenvalue weighted by Crippen LogP contribution is -2.28. The summed E-state index contributed by atoms with van der Waals surface area (Å²) in [5, 5.41) is 0.907. The molecule has 0 fully saturated rings. The minimum Gasteiger partial charge on any atom is -0.375 e. The Labute approximate surface area is 117 Å². The molecule has 0 heterocycles. The van der Waals surface area contributed by atoms with Gasteiger partial charge < -0.3 is 4.18 Å². The molecule has 0 N–H and O–H groups in total. The molecule has 0 bridgehead atoms. The van der Waals surface area contributed by atoms with Crippen LogP contribution in [0, 0.1) is 0 Å². The van der Waals surface area contributed by atoms with Gasteiger partial charge in [-0.25, -0.2) is 0 Å². The van der Waals surface area contributed by atoms with Crippen molar-refractivity contribution in [3.05, 3.63) is 36.4 Å². The molecular formula is C12H9F3O3S2. The van der Waals surface area contributed by atoms with Crippen molar-refractivity contribution in [2.45, 2.75) is 10.4 Å². The van der Waals surface area contributed by atoms with Crippen molar-refractivity contribution in [2.75, 3.05) is 6.26 Å². The number of fused-ring (bicyclic) bond motifs is 1. The van der Waals surface area contributed by atoms with Crippen molar-refractivity contribution in [3.8, 4) is 5.75 Å². The van der Waals surface area contributed by atoms with Crippen LogP contribution in [0.1, 0.15) is 0 Å². The van der Waals surface area contributed by atoms with Gasteiger partial charge in [0.1, 0.15) is 0 Å². The fourth-order valence-electron chi connectivity index (χ4n) is 1.60. The Balaban J connectivity index is 2.51. The van der Waals surface area contributed by atoms with E-state index in [-0.39, 0.29) is 5.75 Å². The number of rotatable bonds is 3. The molecule has 0 aliphatic heterocycles. The van der Waals surface area contributed by atoms with Gasteiger partial charge in [-0.15, -0.1) is 11.8 Å². The molecule has 2 rings (SSSR count). The molecule has 20 heavy (non-hydrogen) atoms. The van der Waals surface area contributed by atoms with E-state index < -0.39 is 15.6 Å². The molecule has 0 aliphatic rings. The first kappa shape index (κ1) is 15.0. The zero-order chi connectivity index (χ0) is 15.0. The van der Waals surface area contributed by atoms with Crippen molar-refractivity contribution >= 4 is 32.7 Å². The Morgan fingerprint density at radius 1 is 1.15 bits per heavy atom. The highest BCUT2D eigenvalue weighted by Crippen LogP contribution is 2.33. The summed E-state index contributed by atoms with van der Waals surface area (Å²) in [6.45, 7) is 0. The molecule has 0 aromatic heterocycles. The summed E-state index contributed by atoms with van der Waals surface area (Å²) in [5.41, 5.74) is -5.45. The zero-order valence-electron chi connectivity index (χ0n) is 10.1. The maximum atomic E-state index is 12.3. The van der Waals surface area contributed by atoms with Gasteiger partial charge in [0.15, 0.2) is 5.75 Å². The number of hydrogen-bond acceptors (Lipinski definition) is 4. The molecule has 0 amide bonds. The van der Waals surface area contributed by atoms with Gasteiger partial charge in [-0.2, -0.15) is 21.6 Å². The third kappa shape index (κ3) is 2.85. The van der Waals surface area contributed by atoms with Crippen LogP contribution in [0.25, 0.3) is 10.8 Å². The highest BCUT2D eigenvalue weighted by atomic mass is 32.2. The molecule has 2 aromatic carbocycles. The maximum absolute atomic E-state index is 12.3. The van der Waals surface area contributed by atoms with Crippen molar-refractivity contribution in [2.24, 2.45) is 0 Å². The van der Waals surface area contributed by atoms with Crippen molar-refractivity contribution in [3.63, 3.8) is 0 Å². The molecule has 0 unspecified atom stereocenters. The van der Waals surface area contributed by atoms with Crippen molar-refractivity contribution in [1.29, 1.82) is 0 Å². The van der Waals surface area contributed by atoms with Crippen LogP contribution in [0.2, 0.25) is 0 Å². The Hall–Kier alpha value is -1.41. The van der Waals surface area contributed by atoms with Crippen LogP contribution in [0.15, 0.2) is 41.3 Å². The van der Waals surface area contributed by atoms with Gasteiger partial charge in [-0.1, -0.05) is 12.1 Å². The molecule has 0 radical (unpaired) electrons. The number of thioether (sulfide) groups is 1. The van der Waals surface area contributed by atoms with Crippen LogP contribution in [0.3, 0.4) is 0 Å². The first-order chi connectivity index (χ1) is 9.24. The molecule has 2 aromatic rings. The summed E-state index contributed by atoms with van der Waals surface area (Å²) in [7, 11) is -5.66. The number of alkyl halides is 3. The monoisotopic (exact) mass is 322 g/mol. The second-order valence-electron chi connectivity index (χ2n) is 3.83. The summed E-state index contributed by atoms with van der Waals surface area (Å²) in [4.78, 5) is 0.910. The Kier molecular flexibility index (Phi) is 3.88. The number of hydrogen-bond donors (Lipinski definition) is 0. The van der Waals surface area contributed by atoms with Crippen molar-refractivity contribution in [1.82, 2.24) is 0 Å². The normalized spacial score (nSPS) is 12.6. The van der Waals surface area contributed by atoms with Crippen molar-refractivity contribution < 1.29 is 25.8 Å². The van der Waals surface area contributed by atoms with Crippen LogP contribution in [-0.4, -0.2) is 20.2 Å². The van der Waals surface area contributed by atoms with E-state index in [2.05, 4.69) is 4.18 Å². The van der Waals surface area contributed by atoms with E-state index in [0.29, 0.717) is 10.8 Å². The maximum Gasteiger partial charge on any atom is 0.534 e. The van der Waals surface area contributed by atoms with Gasteiger partial charge in [0.05, 0.1) is 0 Å². The second-order valence-corrected chi connectivity index (χ2v) is 6.24. The third-order valence-corrected chi connectivity index (χ3v) is 4.22. The Morgan fingerprint density at radius 3 is 2.45 bits per heavy atom. The van der Waals surface area contributed by atoms with E-state index in [4.69, 9.17) is 0 Å². The van der Waals surface area contributed by atoms with Crippen LogP contribution in [0.5, 0.6) is 5.75 Å². The summed E-state index contributed by atoms with van der Waals surface area (Å²) in [6.07, 6.45) is 1.86. The fraction of sp³-hybridized carbons (Fsp3) is 0.167. The van der Waals surface area contributed by atoms with E-state index in [0.717, 1.165) is 4.90 Å². The predicted molar refractivity (Wildman–Crippen MR) is 71.3 cm³/mol. The SMILES string of the molecule is CSc1ccc2c(OS(=O)(=O)C(F)(F)F)cccc2c1. The first-order valence-corrected chi connectivity index (χ1v) is 7.95. The standard InChI is InChI=1S/C12H9F3O3S2/c1-19-9-5-6-10-8(7-9)3-2-4-11(10)18-20(16,17)12(13,14)15/h2-7H,1H3. The Bertz CT molecular complexity index is 739. The van der Waals surface area contributed by atoms with E-state index in [1.54, 1.807) is 18.2 Å². The summed E-state index contributed by atoms with van der Waals surface area (Å²) >= 11 is 1.47. The number of benzene rings is 2. The third-order valence-electron chi connectivity index (χ3n) is 2.53. The average Bonchev–Trinajstić information content (AvgIpc) is 2.36. The van der Waals surface area contributed by atoms with Gasteiger partial charge in [0.2, 0.25) is 0 Å². The fourth-order valence-corrected chi connectivity index (χ4v) is 2.52. The quantitative estimate of drug-likeness (QED) is 0.490. The molecule has 0 saturated heterocycles. The van der Waals surface area contributed by atoms with Gasteiger partial charge in [-0.3, -0.25) is 0 Å². The van der Waals surface area contributed by atoms with Gasteiger partial charge in [-0.05, 0) is 35.9 Å². The first-order valence-electron chi connectivity index (χ1n) is 5.32. The summed E-state index contributed by atoms with van der Waals surface area (Å²) in [6, 6.07) is 9.25. The van der Waals surface area contributed by atoms with Crippen LogP contribution >= 0.6 is 11.8 Å². The Morgan fingerprint density at radius 2 is 1.85 bits per heavy atom. The second kappa shape index (κ2) is 5.17. The minimum atomic E-state index is -5.66. The minimum absolute atomic E-state index is 0.304.